The van der Waals surface area contributed by atoms with Crippen LogP contribution < -0.4 is 15.4 Å². The van der Waals surface area contributed by atoms with Crippen LogP contribution in [0, 0.1) is 0 Å². The van der Waals surface area contributed by atoms with Crippen molar-refractivity contribution in [2.24, 2.45) is 0 Å². The second-order valence-corrected chi connectivity index (χ2v) is 9.08. The maximum absolute atomic E-state index is 12.5. The number of carbonyl (C=O) groups excluding carboxylic acids is 3. The topological polar surface area (TPSA) is 131 Å². The predicted molar refractivity (Wildman–Crippen MR) is 126 cm³/mol. The molecule has 0 fully saturated rings. The smallest absolute Gasteiger partial charge is 0.326 e. The summed E-state index contributed by atoms with van der Waals surface area (Å²) in [4.78, 5) is 36.6. The lowest BCUT2D eigenvalue weighted by Crippen LogP contribution is -2.35. The Morgan fingerprint density at radius 3 is 2.09 bits per heavy atom. The average molecular weight is 492 g/mol. The van der Waals surface area contributed by atoms with Gasteiger partial charge in [-0.2, -0.15) is 4.31 Å². The van der Waals surface area contributed by atoms with Crippen LogP contribution in [0.3, 0.4) is 0 Å². The Hall–Kier alpha value is -3.44. The van der Waals surface area contributed by atoms with Crippen molar-refractivity contribution in [2.75, 3.05) is 32.1 Å². The van der Waals surface area contributed by atoms with Gasteiger partial charge in [-0.25, -0.2) is 8.42 Å². The molecule has 34 heavy (non-hydrogen) atoms. The van der Waals surface area contributed by atoms with Crippen molar-refractivity contribution >= 4 is 33.5 Å². The third-order valence-corrected chi connectivity index (χ3v) is 6.95. The van der Waals surface area contributed by atoms with E-state index >= 15 is 0 Å². The Balaban J connectivity index is 1.86. The molecule has 2 N–H and O–H groups in total. The van der Waals surface area contributed by atoms with E-state index in [1.54, 1.807) is 38.1 Å². The monoisotopic (exact) mass is 491 g/mol. The summed E-state index contributed by atoms with van der Waals surface area (Å²) < 4.78 is 36.4. The number of benzene rings is 2. The number of rotatable bonds is 11. The minimum Gasteiger partial charge on any atom is -0.497 e. The SMILES string of the molecule is CCN(CC)S(=O)(=O)c1ccc(C(=O)NCC(=O)OC(C)C(=O)Nc2ccc(OC)cc2)cc1. The minimum atomic E-state index is -3.63. The number of hydrogen-bond acceptors (Lipinski definition) is 7. The molecule has 0 saturated carbocycles. The highest BCUT2D eigenvalue weighted by Gasteiger charge is 2.22. The second-order valence-electron chi connectivity index (χ2n) is 7.15. The largest absolute Gasteiger partial charge is 0.497 e. The molecule has 0 aliphatic heterocycles. The molecule has 0 saturated heterocycles. The van der Waals surface area contributed by atoms with Crippen molar-refractivity contribution in [1.82, 2.24) is 9.62 Å². The fraction of sp³-hybridized carbons (Fsp3) is 0.348. The zero-order chi connectivity index (χ0) is 25.3. The van der Waals surface area contributed by atoms with Crippen molar-refractivity contribution in [3.8, 4) is 5.75 Å². The molecule has 1 atom stereocenters. The van der Waals surface area contributed by atoms with Gasteiger partial charge in [-0.3, -0.25) is 14.4 Å². The van der Waals surface area contributed by atoms with Crippen molar-refractivity contribution in [3.05, 3.63) is 54.1 Å². The Bertz CT molecular complexity index is 1100. The Labute approximate surface area is 199 Å². The Kier molecular flexibility index (Phi) is 9.58. The van der Waals surface area contributed by atoms with E-state index in [1.807, 2.05) is 0 Å². The number of ether oxygens (including phenoxy) is 2. The molecule has 2 aromatic carbocycles. The number of amides is 2. The van der Waals surface area contributed by atoms with Gasteiger partial charge in [0.1, 0.15) is 12.3 Å². The van der Waals surface area contributed by atoms with Crippen LogP contribution >= 0.6 is 0 Å². The lowest BCUT2D eigenvalue weighted by atomic mass is 10.2. The molecule has 10 nitrogen and oxygen atoms in total. The summed E-state index contributed by atoms with van der Waals surface area (Å²) >= 11 is 0. The van der Waals surface area contributed by atoms with Crippen LogP contribution in [0.2, 0.25) is 0 Å². The van der Waals surface area contributed by atoms with Gasteiger partial charge in [-0.05, 0) is 55.5 Å². The molecule has 0 heterocycles. The van der Waals surface area contributed by atoms with E-state index in [1.165, 1.54) is 42.6 Å². The average Bonchev–Trinajstić information content (AvgIpc) is 2.83. The zero-order valence-electron chi connectivity index (χ0n) is 19.5. The van der Waals surface area contributed by atoms with Crippen LogP contribution in [0.5, 0.6) is 5.75 Å². The first kappa shape index (κ1) is 26.8. The number of hydrogen-bond donors (Lipinski definition) is 2. The summed E-state index contributed by atoms with van der Waals surface area (Å²) in [6.07, 6.45) is -1.09. The maximum Gasteiger partial charge on any atom is 0.326 e. The van der Waals surface area contributed by atoms with E-state index in [9.17, 15) is 22.8 Å². The number of anilines is 1. The van der Waals surface area contributed by atoms with Gasteiger partial charge in [0.15, 0.2) is 6.10 Å². The molecule has 1 unspecified atom stereocenters. The lowest BCUT2D eigenvalue weighted by Gasteiger charge is -2.18. The Morgan fingerprint density at radius 2 is 1.56 bits per heavy atom. The quantitative estimate of drug-likeness (QED) is 0.460. The van der Waals surface area contributed by atoms with E-state index in [4.69, 9.17) is 9.47 Å². The number of esters is 1. The second kappa shape index (κ2) is 12.1. The van der Waals surface area contributed by atoms with Gasteiger partial charge in [0.25, 0.3) is 11.8 Å². The van der Waals surface area contributed by atoms with Gasteiger partial charge in [0.05, 0.1) is 12.0 Å². The first-order chi connectivity index (χ1) is 16.1. The number of sulfonamides is 1. The van der Waals surface area contributed by atoms with E-state index in [2.05, 4.69) is 10.6 Å². The Morgan fingerprint density at radius 1 is 0.971 bits per heavy atom. The third-order valence-electron chi connectivity index (χ3n) is 4.89. The van der Waals surface area contributed by atoms with Crippen LogP contribution in [0.1, 0.15) is 31.1 Å². The third kappa shape index (κ3) is 7.03. The molecule has 0 bridgehead atoms. The summed E-state index contributed by atoms with van der Waals surface area (Å²) in [6, 6.07) is 12.0. The van der Waals surface area contributed by atoms with Gasteiger partial charge < -0.3 is 20.1 Å². The summed E-state index contributed by atoms with van der Waals surface area (Å²) in [6.45, 7) is 5.10. The number of nitrogens with one attached hydrogen (secondary N) is 2. The van der Waals surface area contributed by atoms with Crippen LogP contribution in [-0.4, -0.2) is 63.4 Å². The van der Waals surface area contributed by atoms with Crippen LogP contribution in [-0.2, 0) is 24.3 Å². The minimum absolute atomic E-state index is 0.0730. The summed E-state index contributed by atoms with van der Waals surface area (Å²) in [7, 11) is -2.11. The molecule has 2 rings (SSSR count). The normalized spacial score (nSPS) is 12.0. The number of nitrogens with zero attached hydrogens (tertiary/aromatic N) is 1. The van der Waals surface area contributed by atoms with Gasteiger partial charge in [0.2, 0.25) is 10.0 Å². The highest BCUT2D eigenvalue weighted by molar-refractivity contribution is 7.89. The zero-order valence-corrected chi connectivity index (χ0v) is 20.3. The summed E-state index contributed by atoms with van der Waals surface area (Å²) in [5, 5.41) is 5.00. The molecule has 0 aliphatic rings. The van der Waals surface area contributed by atoms with E-state index < -0.39 is 40.5 Å². The maximum atomic E-state index is 12.5. The van der Waals surface area contributed by atoms with E-state index in [0.717, 1.165) is 0 Å². The van der Waals surface area contributed by atoms with Crippen molar-refractivity contribution in [1.29, 1.82) is 0 Å². The molecule has 184 valence electrons. The van der Waals surface area contributed by atoms with E-state index in [0.29, 0.717) is 24.5 Å². The fourth-order valence-corrected chi connectivity index (χ4v) is 4.41. The molecule has 0 aromatic heterocycles. The molecule has 0 spiro atoms. The molecular weight excluding hydrogens is 462 g/mol. The predicted octanol–water partition coefficient (Wildman–Crippen LogP) is 2.03. The van der Waals surface area contributed by atoms with Crippen molar-refractivity contribution in [2.45, 2.75) is 31.8 Å². The highest BCUT2D eigenvalue weighted by atomic mass is 32.2. The standard InChI is InChI=1S/C23H29N3O7S/c1-5-26(6-2)34(30,31)20-13-7-17(8-14-20)23(29)24-15-21(27)33-16(3)22(28)25-18-9-11-19(32-4)12-10-18/h7-14,16H,5-6,15H2,1-4H3,(H,24,29)(H,25,28). The molecule has 0 radical (unpaired) electrons. The first-order valence-corrected chi connectivity index (χ1v) is 12.1. The van der Waals surface area contributed by atoms with Gasteiger partial charge in [0, 0.05) is 24.3 Å². The number of methoxy groups -OCH3 is 1. The van der Waals surface area contributed by atoms with Gasteiger partial charge >= 0.3 is 5.97 Å². The van der Waals surface area contributed by atoms with Crippen LogP contribution in [0.15, 0.2) is 53.4 Å². The molecule has 11 heteroatoms. The fourth-order valence-electron chi connectivity index (χ4n) is 2.96. The van der Waals surface area contributed by atoms with Gasteiger partial charge in [-0.15, -0.1) is 0 Å². The lowest BCUT2D eigenvalue weighted by molar-refractivity contribution is -0.152. The van der Waals surface area contributed by atoms with Crippen molar-refractivity contribution in [3.63, 3.8) is 0 Å². The summed E-state index contributed by atoms with van der Waals surface area (Å²) in [5.41, 5.74) is 0.685. The molecule has 2 aromatic rings. The highest BCUT2D eigenvalue weighted by Crippen LogP contribution is 2.17. The van der Waals surface area contributed by atoms with Crippen molar-refractivity contribution < 1.29 is 32.3 Å². The van der Waals surface area contributed by atoms with Gasteiger partial charge in [-0.1, -0.05) is 13.8 Å². The molecule has 0 aliphatic carbocycles. The van der Waals surface area contributed by atoms with Crippen LogP contribution in [0.4, 0.5) is 5.69 Å². The first-order valence-electron chi connectivity index (χ1n) is 10.6. The van der Waals surface area contributed by atoms with E-state index in [-0.39, 0.29) is 10.5 Å². The molecular formula is C23H29N3O7S. The number of carbonyl (C=O) groups is 3. The summed E-state index contributed by atoms with van der Waals surface area (Å²) in [5.74, 6) is -1.28. The molecule has 2 amide bonds. The van der Waals surface area contributed by atoms with Crippen LogP contribution in [0.25, 0.3) is 0 Å².